The number of hydrogen-bond acceptors (Lipinski definition) is 5. The second-order valence-electron chi connectivity index (χ2n) is 8.54. The minimum Gasteiger partial charge on any atom is -0.423 e. The van der Waals surface area contributed by atoms with Gasteiger partial charge in [-0.15, -0.1) is 0 Å². The smallest absolute Gasteiger partial charge is 0.423 e. The maximum Gasteiger partial charge on any atom is 1.00 e. The number of aromatic nitrogens is 1. The van der Waals surface area contributed by atoms with E-state index in [-0.39, 0.29) is 51.4 Å². The number of halogens is 1. The van der Waals surface area contributed by atoms with E-state index in [4.69, 9.17) is 0 Å². The first-order chi connectivity index (χ1) is 14.9. The zero-order valence-corrected chi connectivity index (χ0v) is 23.6. The number of likely N-dealkylation sites (tertiary alicyclic amines) is 1. The van der Waals surface area contributed by atoms with Gasteiger partial charge in [0.05, 0.1) is 5.25 Å². The molecule has 1 aromatic carbocycles. The summed E-state index contributed by atoms with van der Waals surface area (Å²) in [7, 11) is -3.86. The number of sulfonamides is 1. The van der Waals surface area contributed by atoms with E-state index in [1.807, 2.05) is 17.0 Å². The summed E-state index contributed by atoms with van der Waals surface area (Å²) in [4.78, 5) is 18.8. The molecule has 10 heteroatoms. The molecule has 0 unspecified atom stereocenters. The van der Waals surface area contributed by atoms with Crippen molar-refractivity contribution in [1.82, 2.24) is 9.88 Å². The number of carbonyl (C=O) groups is 1. The van der Waals surface area contributed by atoms with Crippen molar-refractivity contribution in [3.63, 3.8) is 0 Å². The van der Waals surface area contributed by atoms with Gasteiger partial charge in [-0.1, -0.05) is 12.1 Å². The summed E-state index contributed by atoms with van der Waals surface area (Å²) in [6.45, 7) is 1.32. The van der Waals surface area contributed by atoms with Gasteiger partial charge in [-0.25, -0.2) is 13.4 Å². The van der Waals surface area contributed by atoms with Crippen molar-refractivity contribution in [2.24, 2.45) is 0 Å². The van der Waals surface area contributed by atoms with Gasteiger partial charge < -0.3 is 10.0 Å². The molecule has 32 heavy (non-hydrogen) atoms. The molecule has 164 valence electrons. The molecule has 1 aromatic heterocycles. The summed E-state index contributed by atoms with van der Waals surface area (Å²) in [5.74, 6) is 0. The predicted octanol–water partition coefficient (Wildman–Crippen LogP) is 0.945. The summed E-state index contributed by atoms with van der Waals surface area (Å²) >= 11 is 3.41. The monoisotopic (exact) mass is 542 g/mol. The minimum atomic E-state index is -3.86. The third kappa shape index (κ3) is 5.02. The van der Waals surface area contributed by atoms with Crippen LogP contribution in [0, 0.1) is 0 Å². The third-order valence-corrected chi connectivity index (χ3v) is 8.77. The second kappa shape index (κ2) is 10.1. The Labute approximate surface area is 239 Å². The molecule has 5 rings (SSSR count). The molecule has 0 atom stereocenters. The number of carbonyl (C=O) groups excluding carboxylic acids is 1. The van der Waals surface area contributed by atoms with Crippen molar-refractivity contribution in [3.8, 4) is 0 Å². The first-order valence-corrected chi connectivity index (χ1v) is 13.0. The Morgan fingerprint density at radius 1 is 1.16 bits per heavy atom. The number of aryl methyl sites for hydroxylation is 2. The zero-order chi connectivity index (χ0) is 21.6. The SMILES string of the molecule is O=C([N-]S(=O)(=O)C1CN(Cc2cccnc2Br)C1)Nc1c2c(cc3c1CCC3)CCC2.[K+]. The van der Waals surface area contributed by atoms with Crippen molar-refractivity contribution in [1.29, 1.82) is 0 Å². The molecule has 1 saturated heterocycles. The topological polar surface area (TPSA) is 93.5 Å². The number of rotatable bonds is 5. The molecule has 2 heterocycles. The van der Waals surface area contributed by atoms with Crippen LogP contribution < -0.4 is 56.7 Å². The Kier molecular flexibility index (Phi) is 7.83. The number of fused-ring (bicyclic) bond motifs is 2. The van der Waals surface area contributed by atoms with Gasteiger partial charge in [0.25, 0.3) is 0 Å². The first kappa shape index (κ1) is 24.8. The van der Waals surface area contributed by atoms with Gasteiger partial charge in [-0.05, 0) is 94.0 Å². The largest absolute Gasteiger partial charge is 1.00 e. The Balaban J connectivity index is 0.00000245. The Bertz CT molecular complexity index is 1120. The van der Waals surface area contributed by atoms with Crippen LogP contribution in [0.1, 0.15) is 40.7 Å². The third-order valence-electron chi connectivity index (χ3n) is 6.49. The number of nitrogens with one attached hydrogen (secondary N) is 1. The number of hydrogen-bond donors (Lipinski definition) is 1. The predicted molar refractivity (Wildman–Crippen MR) is 123 cm³/mol. The fraction of sp³-hybridized carbons (Fsp3) is 0.455. The molecule has 0 saturated carbocycles. The number of pyridine rings is 1. The van der Waals surface area contributed by atoms with Gasteiger partial charge in [0.1, 0.15) is 4.60 Å². The molecule has 1 aliphatic heterocycles. The fourth-order valence-electron chi connectivity index (χ4n) is 4.91. The summed E-state index contributed by atoms with van der Waals surface area (Å²) in [5.41, 5.74) is 6.73. The van der Waals surface area contributed by atoms with Gasteiger partial charge in [0.2, 0.25) is 0 Å². The maximum atomic E-state index is 12.7. The number of anilines is 1. The van der Waals surface area contributed by atoms with Crippen LogP contribution >= 0.6 is 15.9 Å². The van der Waals surface area contributed by atoms with Crippen molar-refractivity contribution >= 4 is 37.7 Å². The van der Waals surface area contributed by atoms with E-state index in [0.29, 0.717) is 19.6 Å². The van der Waals surface area contributed by atoms with Crippen LogP contribution in [-0.4, -0.2) is 42.7 Å². The van der Waals surface area contributed by atoms with E-state index < -0.39 is 21.3 Å². The van der Waals surface area contributed by atoms with Crippen molar-refractivity contribution < 1.29 is 64.6 Å². The van der Waals surface area contributed by atoms with E-state index in [9.17, 15) is 13.2 Å². The standard InChI is InChI=1S/C22H25BrN4O3S.K/c23-21-16(6-3-9-24-21)11-27-12-17(13-27)31(29,30)26-22(28)25-20-18-7-1-4-14(18)10-15-5-2-8-19(15)20;/h3,6,9-10,17H,1-2,4-5,7-8,11-13H2,(H2,25,26,28);/q;+1/p-1. The Hall–Kier alpha value is -0.334. The van der Waals surface area contributed by atoms with E-state index in [0.717, 1.165) is 54.4 Å². The van der Waals surface area contributed by atoms with Crippen molar-refractivity contribution in [3.05, 3.63) is 61.5 Å². The molecule has 0 spiro atoms. The fourth-order valence-corrected chi connectivity index (χ4v) is 6.51. The van der Waals surface area contributed by atoms with Crippen LogP contribution in [0.4, 0.5) is 10.5 Å². The molecule has 0 bridgehead atoms. The van der Waals surface area contributed by atoms with Gasteiger partial charge in [0.15, 0.2) is 16.1 Å². The van der Waals surface area contributed by atoms with E-state index in [2.05, 4.69) is 37.0 Å². The van der Waals surface area contributed by atoms with E-state index >= 15 is 0 Å². The summed E-state index contributed by atoms with van der Waals surface area (Å²) < 4.78 is 29.7. The molecule has 0 radical (unpaired) electrons. The molecule has 2 amide bonds. The first-order valence-electron chi connectivity index (χ1n) is 10.7. The molecule has 2 aromatic rings. The molecule has 3 aliphatic rings. The molecule has 7 nitrogen and oxygen atoms in total. The average molecular weight is 544 g/mol. The van der Waals surface area contributed by atoms with Crippen LogP contribution in [0.5, 0.6) is 0 Å². The van der Waals surface area contributed by atoms with Crippen LogP contribution in [-0.2, 0) is 42.3 Å². The van der Waals surface area contributed by atoms with E-state index in [1.54, 1.807) is 6.20 Å². The molecule has 1 fully saturated rings. The maximum absolute atomic E-state index is 12.7. The number of benzene rings is 1. The molecular formula is C22H24BrKN4O3S. The van der Waals surface area contributed by atoms with Gasteiger partial charge in [0, 0.05) is 25.8 Å². The minimum absolute atomic E-state index is 0. The van der Waals surface area contributed by atoms with Crippen molar-refractivity contribution in [2.45, 2.75) is 50.3 Å². The number of urea groups is 1. The summed E-state index contributed by atoms with van der Waals surface area (Å²) in [5, 5.41) is 2.20. The summed E-state index contributed by atoms with van der Waals surface area (Å²) in [6, 6.07) is 5.30. The zero-order valence-electron chi connectivity index (χ0n) is 18.1. The summed E-state index contributed by atoms with van der Waals surface area (Å²) in [6.07, 6.45) is 7.73. The van der Waals surface area contributed by atoms with Crippen LogP contribution in [0.15, 0.2) is 29.0 Å². The normalized spacial score (nSPS) is 17.8. The molecule has 2 aliphatic carbocycles. The Morgan fingerprint density at radius 2 is 1.81 bits per heavy atom. The van der Waals surface area contributed by atoms with Crippen LogP contribution in [0.25, 0.3) is 4.72 Å². The van der Waals surface area contributed by atoms with E-state index in [1.165, 1.54) is 22.3 Å². The average Bonchev–Trinajstić information content (AvgIpc) is 3.34. The van der Waals surface area contributed by atoms with Crippen molar-refractivity contribution in [2.75, 3.05) is 18.4 Å². The number of amides is 2. The quantitative estimate of drug-likeness (QED) is 0.448. The van der Waals surface area contributed by atoms with Crippen LogP contribution in [0.3, 0.4) is 0 Å². The van der Waals surface area contributed by atoms with Gasteiger partial charge >= 0.3 is 51.4 Å². The second-order valence-corrected chi connectivity index (χ2v) is 11.2. The molecule has 1 N–H and O–H groups in total. The molecular weight excluding hydrogens is 519 g/mol. The van der Waals surface area contributed by atoms with Crippen LogP contribution in [0.2, 0.25) is 0 Å². The van der Waals surface area contributed by atoms with Gasteiger partial charge in [-0.2, -0.15) is 0 Å². The van der Waals surface area contributed by atoms with Gasteiger partial charge in [-0.3, -0.25) is 9.69 Å². The Morgan fingerprint density at radius 3 is 2.44 bits per heavy atom. The number of nitrogens with zero attached hydrogens (tertiary/aromatic N) is 3.